The summed E-state index contributed by atoms with van der Waals surface area (Å²) in [4.78, 5) is 0. The van der Waals surface area contributed by atoms with E-state index in [1.54, 1.807) is 0 Å². The Kier molecular flexibility index (Phi) is 2.87. The molecule has 0 N–H and O–H groups in total. The second-order valence-electron chi connectivity index (χ2n) is 4.36. The number of benzene rings is 1. The highest BCUT2D eigenvalue weighted by molar-refractivity contribution is 14.1. The Morgan fingerprint density at radius 2 is 2.13 bits per heavy atom. The van der Waals surface area contributed by atoms with E-state index in [2.05, 4.69) is 63.4 Å². The van der Waals surface area contributed by atoms with E-state index in [-0.39, 0.29) is 0 Å². The van der Waals surface area contributed by atoms with Gasteiger partial charge in [-0.1, -0.05) is 22.6 Å². The quantitative estimate of drug-likeness (QED) is 0.448. The summed E-state index contributed by atoms with van der Waals surface area (Å²) >= 11 is 4.97. The number of fused-ring (bicyclic) bond motifs is 3. The van der Waals surface area contributed by atoms with Crippen LogP contribution in [-0.4, -0.2) is 10.0 Å². The van der Waals surface area contributed by atoms with Gasteiger partial charge in [0.2, 0.25) is 0 Å². The van der Waals surface area contributed by atoms with Crippen molar-refractivity contribution in [2.24, 2.45) is 0 Å². The molecule has 0 spiro atoms. The molecule has 0 radical (unpaired) electrons. The number of alkyl halides is 1. The minimum absolute atomic E-state index is 0.462. The summed E-state index contributed by atoms with van der Waals surface area (Å²) in [5.74, 6) is 1.79. The molecular weight excluding hydrogens is 414 g/mol. The molecule has 1 saturated carbocycles. The fourth-order valence-corrected chi connectivity index (χ4v) is 4.06. The number of hydrogen-bond acceptors (Lipinski definition) is 1. The SMILES string of the molecule is Ic1ccc2c(c1)C1CC(I)CCC1O2. The van der Waals surface area contributed by atoms with Crippen molar-refractivity contribution < 1.29 is 4.74 Å². The molecule has 3 unspecified atom stereocenters. The van der Waals surface area contributed by atoms with Gasteiger partial charge in [0.05, 0.1) is 0 Å². The van der Waals surface area contributed by atoms with Crippen LogP contribution in [0.3, 0.4) is 0 Å². The molecule has 1 aliphatic heterocycles. The van der Waals surface area contributed by atoms with Crippen molar-refractivity contribution in [1.29, 1.82) is 0 Å². The Morgan fingerprint density at radius 1 is 1.27 bits per heavy atom. The van der Waals surface area contributed by atoms with Crippen LogP contribution in [0.1, 0.15) is 30.7 Å². The molecule has 1 aromatic rings. The average molecular weight is 426 g/mol. The van der Waals surface area contributed by atoms with E-state index in [4.69, 9.17) is 4.74 Å². The lowest BCUT2D eigenvalue weighted by Gasteiger charge is -2.27. The fourth-order valence-electron chi connectivity index (χ4n) is 2.64. The summed E-state index contributed by atoms with van der Waals surface area (Å²) in [6.45, 7) is 0. The normalized spacial score (nSPS) is 33.1. The van der Waals surface area contributed by atoms with Crippen LogP contribution in [0.4, 0.5) is 0 Å². The highest BCUT2D eigenvalue weighted by Gasteiger charge is 2.38. The minimum atomic E-state index is 0.462. The molecule has 1 heterocycles. The molecule has 3 atom stereocenters. The zero-order chi connectivity index (χ0) is 10.4. The van der Waals surface area contributed by atoms with Crippen LogP contribution < -0.4 is 4.74 Å². The molecule has 0 aromatic heterocycles. The maximum Gasteiger partial charge on any atom is 0.123 e. The highest BCUT2D eigenvalue weighted by atomic mass is 127. The van der Waals surface area contributed by atoms with Crippen LogP contribution in [0.15, 0.2) is 18.2 Å². The zero-order valence-electron chi connectivity index (χ0n) is 8.25. The maximum atomic E-state index is 6.01. The first-order valence-electron chi connectivity index (χ1n) is 5.34. The Balaban J connectivity index is 1.98. The lowest BCUT2D eigenvalue weighted by atomic mass is 9.83. The second kappa shape index (κ2) is 4.05. The molecule has 2 aliphatic rings. The third-order valence-corrected chi connectivity index (χ3v) is 5.17. The van der Waals surface area contributed by atoms with Gasteiger partial charge in [-0.05, 0) is 60.1 Å². The van der Waals surface area contributed by atoms with Crippen LogP contribution in [0.25, 0.3) is 0 Å². The van der Waals surface area contributed by atoms with Gasteiger partial charge in [-0.25, -0.2) is 0 Å². The third-order valence-electron chi connectivity index (χ3n) is 3.37. The first-order chi connectivity index (χ1) is 7.24. The number of ether oxygens (including phenoxy) is 1. The minimum Gasteiger partial charge on any atom is -0.489 e. The van der Waals surface area contributed by atoms with E-state index < -0.39 is 0 Å². The van der Waals surface area contributed by atoms with Gasteiger partial charge in [0.25, 0.3) is 0 Å². The van der Waals surface area contributed by atoms with E-state index in [0.29, 0.717) is 12.0 Å². The molecule has 0 amide bonds. The molecule has 0 saturated heterocycles. The first kappa shape index (κ1) is 10.6. The van der Waals surface area contributed by atoms with Crippen LogP contribution in [0, 0.1) is 3.57 Å². The summed E-state index contributed by atoms with van der Waals surface area (Å²) in [6, 6.07) is 6.57. The molecule has 3 rings (SSSR count). The average Bonchev–Trinajstić information content (AvgIpc) is 2.56. The van der Waals surface area contributed by atoms with E-state index in [1.165, 1.54) is 28.4 Å². The van der Waals surface area contributed by atoms with Crippen molar-refractivity contribution in [1.82, 2.24) is 0 Å². The van der Waals surface area contributed by atoms with Gasteiger partial charge in [0.15, 0.2) is 0 Å². The highest BCUT2D eigenvalue weighted by Crippen LogP contribution is 2.47. The first-order valence-corrected chi connectivity index (χ1v) is 7.66. The van der Waals surface area contributed by atoms with Gasteiger partial charge in [-0.3, -0.25) is 0 Å². The lowest BCUT2D eigenvalue weighted by molar-refractivity contribution is 0.168. The van der Waals surface area contributed by atoms with Gasteiger partial charge in [0, 0.05) is 19.0 Å². The van der Waals surface area contributed by atoms with Gasteiger partial charge >= 0.3 is 0 Å². The van der Waals surface area contributed by atoms with E-state index >= 15 is 0 Å². The van der Waals surface area contributed by atoms with Crippen molar-refractivity contribution in [2.45, 2.75) is 35.2 Å². The van der Waals surface area contributed by atoms with Crippen LogP contribution in [-0.2, 0) is 0 Å². The standard InChI is InChI=1S/C12H12I2O/c13-7-1-3-11-9(5-7)10-6-8(14)2-4-12(10)15-11/h1,3,5,8,10,12H,2,4,6H2. The Bertz CT molecular complexity index is 391. The molecule has 80 valence electrons. The second-order valence-corrected chi connectivity index (χ2v) is 7.36. The molecule has 15 heavy (non-hydrogen) atoms. The van der Waals surface area contributed by atoms with Gasteiger partial charge in [-0.15, -0.1) is 0 Å². The summed E-state index contributed by atoms with van der Waals surface area (Å²) in [5, 5.41) is 0. The molecule has 1 aromatic carbocycles. The largest absolute Gasteiger partial charge is 0.489 e. The molecule has 1 aliphatic carbocycles. The van der Waals surface area contributed by atoms with Gasteiger partial charge < -0.3 is 4.74 Å². The predicted octanol–water partition coefficient (Wildman–Crippen LogP) is 4.12. The Labute approximate surface area is 117 Å². The Morgan fingerprint density at radius 3 is 3.00 bits per heavy atom. The summed E-state index contributed by atoms with van der Waals surface area (Å²) in [7, 11) is 0. The van der Waals surface area contributed by atoms with E-state index in [9.17, 15) is 0 Å². The van der Waals surface area contributed by atoms with Crippen molar-refractivity contribution in [3.05, 3.63) is 27.3 Å². The molecule has 3 heteroatoms. The molecule has 0 bridgehead atoms. The van der Waals surface area contributed by atoms with Crippen molar-refractivity contribution >= 4 is 45.2 Å². The topological polar surface area (TPSA) is 9.23 Å². The number of hydrogen-bond donors (Lipinski definition) is 0. The predicted molar refractivity (Wildman–Crippen MR) is 78.0 cm³/mol. The van der Waals surface area contributed by atoms with Crippen LogP contribution in [0.5, 0.6) is 5.75 Å². The lowest BCUT2D eigenvalue weighted by Crippen LogP contribution is -2.27. The number of rotatable bonds is 0. The third kappa shape index (κ3) is 1.90. The monoisotopic (exact) mass is 426 g/mol. The van der Waals surface area contributed by atoms with Gasteiger partial charge in [-0.2, -0.15) is 0 Å². The van der Waals surface area contributed by atoms with Crippen molar-refractivity contribution in [3.8, 4) is 5.75 Å². The fraction of sp³-hybridized carbons (Fsp3) is 0.500. The Hall–Kier alpha value is 0.480. The summed E-state index contributed by atoms with van der Waals surface area (Å²) in [5.41, 5.74) is 1.45. The molecule has 1 fully saturated rings. The summed E-state index contributed by atoms with van der Waals surface area (Å²) < 4.78 is 8.16. The van der Waals surface area contributed by atoms with Crippen molar-refractivity contribution in [2.75, 3.05) is 0 Å². The number of halogens is 2. The molecular formula is C12H12I2O. The zero-order valence-corrected chi connectivity index (χ0v) is 12.6. The van der Waals surface area contributed by atoms with Crippen LogP contribution >= 0.6 is 45.2 Å². The smallest absolute Gasteiger partial charge is 0.123 e. The van der Waals surface area contributed by atoms with Crippen molar-refractivity contribution in [3.63, 3.8) is 0 Å². The summed E-state index contributed by atoms with van der Waals surface area (Å²) in [6.07, 6.45) is 4.29. The van der Waals surface area contributed by atoms with E-state index in [1.807, 2.05) is 0 Å². The molecule has 1 nitrogen and oxygen atoms in total. The van der Waals surface area contributed by atoms with E-state index in [0.717, 1.165) is 9.67 Å². The maximum absolute atomic E-state index is 6.01. The van der Waals surface area contributed by atoms with Gasteiger partial charge in [0.1, 0.15) is 11.9 Å². The van der Waals surface area contributed by atoms with Crippen LogP contribution in [0.2, 0.25) is 0 Å².